The molecule has 0 heterocycles. The van der Waals surface area contributed by atoms with E-state index in [9.17, 15) is 4.79 Å². The van der Waals surface area contributed by atoms with Crippen LogP contribution in [0.3, 0.4) is 0 Å². The van der Waals surface area contributed by atoms with E-state index in [1.807, 2.05) is 42.5 Å². The monoisotopic (exact) mass is 315 g/mol. The van der Waals surface area contributed by atoms with Gasteiger partial charge in [0.25, 0.3) is 0 Å². The summed E-state index contributed by atoms with van der Waals surface area (Å²) in [5.41, 5.74) is 2.31. The number of methoxy groups -OCH3 is 1. The van der Waals surface area contributed by atoms with Crippen LogP contribution in [0.2, 0.25) is 0 Å². The van der Waals surface area contributed by atoms with Gasteiger partial charge in [0.2, 0.25) is 5.91 Å². The zero-order valence-electron chi connectivity index (χ0n) is 13.0. The molecule has 0 aliphatic rings. The van der Waals surface area contributed by atoms with Gasteiger partial charge in [0.1, 0.15) is 5.75 Å². The van der Waals surface area contributed by atoms with Crippen molar-refractivity contribution in [3.8, 4) is 5.75 Å². The Bertz CT molecular complexity index is 628. The van der Waals surface area contributed by atoms with Crippen LogP contribution >= 0.6 is 11.8 Å². The molecule has 0 atom stereocenters. The van der Waals surface area contributed by atoms with Gasteiger partial charge in [-0.1, -0.05) is 36.4 Å². The van der Waals surface area contributed by atoms with E-state index in [0.29, 0.717) is 12.3 Å². The lowest BCUT2D eigenvalue weighted by atomic mass is 10.1. The Kier molecular flexibility index (Phi) is 6.34. The molecular weight excluding hydrogens is 294 g/mol. The van der Waals surface area contributed by atoms with Gasteiger partial charge in [0.15, 0.2) is 0 Å². The Balaban J connectivity index is 1.75. The molecule has 3 nitrogen and oxygen atoms in total. The van der Waals surface area contributed by atoms with E-state index >= 15 is 0 Å². The van der Waals surface area contributed by atoms with Crippen molar-refractivity contribution < 1.29 is 9.53 Å². The van der Waals surface area contributed by atoms with Gasteiger partial charge < -0.3 is 10.1 Å². The highest BCUT2D eigenvalue weighted by molar-refractivity contribution is 8.00. The second-order valence-electron chi connectivity index (χ2n) is 4.97. The van der Waals surface area contributed by atoms with Crippen molar-refractivity contribution in [1.29, 1.82) is 0 Å². The Morgan fingerprint density at radius 3 is 2.64 bits per heavy atom. The Hall–Kier alpha value is -1.94. The molecule has 0 unspecified atom stereocenters. The van der Waals surface area contributed by atoms with E-state index < -0.39 is 0 Å². The average molecular weight is 315 g/mol. The maximum atomic E-state index is 11.9. The van der Waals surface area contributed by atoms with Crippen LogP contribution < -0.4 is 10.1 Å². The molecule has 0 saturated carbocycles. The molecule has 2 aromatic carbocycles. The van der Waals surface area contributed by atoms with Crippen LogP contribution in [-0.4, -0.2) is 25.3 Å². The van der Waals surface area contributed by atoms with Crippen LogP contribution in [0.5, 0.6) is 5.75 Å². The second-order valence-corrected chi connectivity index (χ2v) is 5.98. The molecule has 0 bridgehead atoms. The lowest BCUT2D eigenvalue weighted by molar-refractivity contribution is -0.118. The summed E-state index contributed by atoms with van der Waals surface area (Å²) in [5.74, 6) is 1.37. The summed E-state index contributed by atoms with van der Waals surface area (Å²) in [7, 11) is 1.66. The molecule has 22 heavy (non-hydrogen) atoms. The number of aryl methyl sites for hydroxylation is 1. The third-order valence-electron chi connectivity index (χ3n) is 3.36. The summed E-state index contributed by atoms with van der Waals surface area (Å²) < 4.78 is 5.30. The minimum Gasteiger partial charge on any atom is -0.496 e. The van der Waals surface area contributed by atoms with Crippen LogP contribution in [0.1, 0.15) is 11.1 Å². The van der Waals surface area contributed by atoms with Gasteiger partial charge in [-0.05, 0) is 36.6 Å². The van der Waals surface area contributed by atoms with E-state index in [1.54, 1.807) is 18.9 Å². The highest BCUT2D eigenvalue weighted by atomic mass is 32.2. The molecule has 0 spiro atoms. The Morgan fingerprint density at radius 2 is 1.86 bits per heavy atom. The third kappa shape index (κ3) is 4.81. The fraction of sp³-hybridized carbons (Fsp3) is 0.278. The molecule has 116 valence electrons. The van der Waals surface area contributed by atoms with E-state index in [2.05, 4.69) is 18.3 Å². The number of thioether (sulfide) groups is 1. The second kappa shape index (κ2) is 8.49. The molecule has 2 aromatic rings. The lowest BCUT2D eigenvalue weighted by Crippen LogP contribution is -2.27. The molecule has 1 N–H and O–H groups in total. The number of carbonyl (C=O) groups is 1. The number of para-hydroxylation sites is 1. The summed E-state index contributed by atoms with van der Waals surface area (Å²) in [6.45, 7) is 2.68. The molecule has 0 aromatic heterocycles. The standard InChI is InChI=1S/C18H21NO2S/c1-14-7-3-6-10-17(14)22-13-18(20)19-12-11-15-8-4-5-9-16(15)21-2/h3-10H,11-13H2,1-2H3,(H,19,20). The molecule has 4 heteroatoms. The first-order valence-corrected chi connectivity index (χ1v) is 8.26. The molecule has 0 saturated heterocycles. The van der Waals surface area contributed by atoms with E-state index in [4.69, 9.17) is 4.74 Å². The van der Waals surface area contributed by atoms with Crippen molar-refractivity contribution in [2.45, 2.75) is 18.2 Å². The quantitative estimate of drug-likeness (QED) is 0.795. The first kappa shape index (κ1) is 16.4. The average Bonchev–Trinajstić information content (AvgIpc) is 2.54. The van der Waals surface area contributed by atoms with Gasteiger partial charge in [-0.3, -0.25) is 4.79 Å². The van der Waals surface area contributed by atoms with E-state index in [-0.39, 0.29) is 5.91 Å². The van der Waals surface area contributed by atoms with Crippen LogP contribution in [0.15, 0.2) is 53.4 Å². The van der Waals surface area contributed by atoms with E-state index in [0.717, 1.165) is 22.6 Å². The van der Waals surface area contributed by atoms with Crippen LogP contribution in [0.4, 0.5) is 0 Å². The minimum absolute atomic E-state index is 0.0585. The lowest BCUT2D eigenvalue weighted by Gasteiger charge is -2.09. The predicted octanol–water partition coefficient (Wildman–Crippen LogP) is 3.45. The molecule has 0 radical (unpaired) electrons. The fourth-order valence-corrected chi connectivity index (χ4v) is 3.02. The zero-order valence-corrected chi connectivity index (χ0v) is 13.8. The summed E-state index contributed by atoms with van der Waals surface area (Å²) in [6.07, 6.45) is 0.769. The highest BCUT2D eigenvalue weighted by Crippen LogP contribution is 2.21. The Labute approximate surface area is 136 Å². The number of benzene rings is 2. The minimum atomic E-state index is 0.0585. The maximum Gasteiger partial charge on any atom is 0.230 e. The van der Waals surface area contributed by atoms with E-state index in [1.165, 1.54) is 5.56 Å². The van der Waals surface area contributed by atoms with Crippen molar-refractivity contribution in [3.05, 3.63) is 59.7 Å². The first-order chi connectivity index (χ1) is 10.7. The number of rotatable bonds is 7. The molecule has 0 fully saturated rings. The van der Waals surface area contributed by atoms with Gasteiger partial charge in [-0.15, -0.1) is 11.8 Å². The van der Waals surface area contributed by atoms with Gasteiger partial charge >= 0.3 is 0 Å². The first-order valence-electron chi connectivity index (χ1n) is 7.27. The SMILES string of the molecule is COc1ccccc1CCNC(=O)CSc1ccccc1C. The fourth-order valence-electron chi connectivity index (χ4n) is 2.16. The number of nitrogens with one attached hydrogen (secondary N) is 1. The maximum absolute atomic E-state index is 11.9. The van der Waals surface area contributed by atoms with Crippen molar-refractivity contribution in [2.24, 2.45) is 0 Å². The Morgan fingerprint density at radius 1 is 1.14 bits per heavy atom. The smallest absolute Gasteiger partial charge is 0.230 e. The summed E-state index contributed by atoms with van der Waals surface area (Å²) in [4.78, 5) is 13.1. The van der Waals surface area contributed by atoms with Crippen LogP contribution in [0, 0.1) is 6.92 Å². The van der Waals surface area contributed by atoms with Crippen molar-refractivity contribution >= 4 is 17.7 Å². The molecule has 0 aliphatic carbocycles. The molecule has 0 aliphatic heterocycles. The van der Waals surface area contributed by atoms with Crippen LogP contribution in [-0.2, 0) is 11.2 Å². The molecule has 2 rings (SSSR count). The summed E-state index contributed by atoms with van der Waals surface area (Å²) in [5, 5.41) is 2.96. The van der Waals surface area contributed by atoms with Crippen molar-refractivity contribution in [1.82, 2.24) is 5.32 Å². The number of amides is 1. The number of ether oxygens (including phenoxy) is 1. The summed E-state index contributed by atoms with van der Waals surface area (Å²) >= 11 is 1.57. The summed E-state index contributed by atoms with van der Waals surface area (Å²) in [6, 6.07) is 16.0. The highest BCUT2D eigenvalue weighted by Gasteiger charge is 2.05. The zero-order chi connectivity index (χ0) is 15.8. The number of hydrogen-bond acceptors (Lipinski definition) is 3. The van der Waals surface area contributed by atoms with Gasteiger partial charge in [0, 0.05) is 11.4 Å². The van der Waals surface area contributed by atoms with Gasteiger partial charge in [-0.2, -0.15) is 0 Å². The van der Waals surface area contributed by atoms with Crippen molar-refractivity contribution in [2.75, 3.05) is 19.4 Å². The molecule has 1 amide bonds. The topological polar surface area (TPSA) is 38.3 Å². The third-order valence-corrected chi connectivity index (χ3v) is 4.54. The number of carbonyl (C=O) groups excluding carboxylic acids is 1. The van der Waals surface area contributed by atoms with Crippen LogP contribution in [0.25, 0.3) is 0 Å². The predicted molar refractivity (Wildman–Crippen MR) is 91.6 cm³/mol. The van der Waals surface area contributed by atoms with Gasteiger partial charge in [-0.25, -0.2) is 0 Å². The normalized spacial score (nSPS) is 10.3. The van der Waals surface area contributed by atoms with Gasteiger partial charge in [0.05, 0.1) is 12.9 Å². The molecular formula is C18H21NO2S. The largest absolute Gasteiger partial charge is 0.496 e. The van der Waals surface area contributed by atoms with Crippen molar-refractivity contribution in [3.63, 3.8) is 0 Å². The number of hydrogen-bond donors (Lipinski definition) is 1.